The van der Waals surface area contributed by atoms with Gasteiger partial charge in [-0.3, -0.25) is 4.79 Å². The Bertz CT molecular complexity index is 1300. The number of benzene rings is 2. The number of hydrogen-bond acceptors (Lipinski definition) is 7. The molecule has 0 aliphatic carbocycles. The quantitative estimate of drug-likeness (QED) is 0.413. The van der Waals surface area contributed by atoms with Gasteiger partial charge in [0.1, 0.15) is 0 Å². The smallest absolute Gasteiger partial charge is 0.363 e. The maximum Gasteiger partial charge on any atom is 0.363 e. The zero-order chi connectivity index (χ0) is 22.0. The average molecular weight is 457 g/mol. The van der Waals surface area contributed by atoms with E-state index in [1.807, 2.05) is 0 Å². The lowest BCUT2D eigenvalue weighted by Gasteiger charge is -2.10. The van der Waals surface area contributed by atoms with E-state index < -0.39 is 11.4 Å². The summed E-state index contributed by atoms with van der Waals surface area (Å²) in [4.78, 5) is 28.9. The molecule has 0 aliphatic heterocycles. The van der Waals surface area contributed by atoms with Crippen molar-refractivity contribution in [1.29, 1.82) is 0 Å². The SMILES string of the molecule is Cc1cc(=O)c(C(=O)OCc2nc(-c3ccc(Cl)cc3)no2)nn1-c1ccc(Cl)cc1. The highest BCUT2D eigenvalue weighted by Gasteiger charge is 2.18. The first-order valence-corrected chi connectivity index (χ1v) is 9.79. The molecule has 0 saturated heterocycles. The Balaban J connectivity index is 1.51. The van der Waals surface area contributed by atoms with E-state index in [-0.39, 0.29) is 18.2 Å². The molecule has 0 unspecified atom stereocenters. The van der Waals surface area contributed by atoms with Crippen LogP contribution in [0, 0.1) is 6.92 Å². The molecule has 8 nitrogen and oxygen atoms in total. The van der Waals surface area contributed by atoms with Gasteiger partial charge in [-0.05, 0) is 55.5 Å². The van der Waals surface area contributed by atoms with Crippen LogP contribution in [-0.2, 0) is 11.3 Å². The van der Waals surface area contributed by atoms with Crippen LogP contribution in [0.15, 0.2) is 63.9 Å². The van der Waals surface area contributed by atoms with Crippen LogP contribution in [0.1, 0.15) is 22.1 Å². The van der Waals surface area contributed by atoms with Gasteiger partial charge in [-0.2, -0.15) is 10.1 Å². The van der Waals surface area contributed by atoms with E-state index in [2.05, 4.69) is 15.2 Å². The number of aromatic nitrogens is 4. The Labute approximate surface area is 186 Å². The van der Waals surface area contributed by atoms with Crippen molar-refractivity contribution >= 4 is 29.2 Å². The second-order valence-electron chi connectivity index (χ2n) is 6.48. The number of hydrogen-bond donors (Lipinski definition) is 0. The second kappa shape index (κ2) is 8.71. The number of carbonyl (C=O) groups excluding carboxylic acids is 1. The molecule has 0 radical (unpaired) electrons. The summed E-state index contributed by atoms with van der Waals surface area (Å²) in [7, 11) is 0. The van der Waals surface area contributed by atoms with Gasteiger partial charge >= 0.3 is 5.97 Å². The molecule has 4 aromatic rings. The summed E-state index contributed by atoms with van der Waals surface area (Å²) in [6.07, 6.45) is 0. The predicted molar refractivity (Wildman–Crippen MR) is 113 cm³/mol. The van der Waals surface area contributed by atoms with Crippen molar-refractivity contribution in [2.24, 2.45) is 0 Å². The van der Waals surface area contributed by atoms with Crippen LogP contribution in [0.3, 0.4) is 0 Å². The first-order chi connectivity index (χ1) is 14.9. The third-order valence-corrected chi connectivity index (χ3v) is 4.77. The highest BCUT2D eigenvalue weighted by molar-refractivity contribution is 6.30. The van der Waals surface area contributed by atoms with Crippen LogP contribution >= 0.6 is 23.2 Å². The third kappa shape index (κ3) is 4.65. The van der Waals surface area contributed by atoms with Crippen molar-refractivity contribution in [3.05, 3.63) is 92.1 Å². The van der Waals surface area contributed by atoms with E-state index in [9.17, 15) is 9.59 Å². The number of halogens is 2. The molecule has 2 aromatic carbocycles. The molecule has 0 saturated carbocycles. The topological polar surface area (TPSA) is 100 Å². The number of rotatable bonds is 5. The first-order valence-electron chi connectivity index (χ1n) is 9.03. The molecule has 0 amide bonds. The Morgan fingerprint density at radius 2 is 1.71 bits per heavy atom. The van der Waals surface area contributed by atoms with Gasteiger partial charge in [0, 0.05) is 27.4 Å². The van der Waals surface area contributed by atoms with E-state index in [1.54, 1.807) is 55.5 Å². The zero-order valence-corrected chi connectivity index (χ0v) is 17.6. The molecule has 31 heavy (non-hydrogen) atoms. The van der Waals surface area contributed by atoms with Crippen LogP contribution in [-0.4, -0.2) is 25.9 Å². The summed E-state index contributed by atoms with van der Waals surface area (Å²) in [5, 5.41) is 9.13. The second-order valence-corrected chi connectivity index (χ2v) is 7.35. The Morgan fingerprint density at radius 1 is 1.06 bits per heavy atom. The summed E-state index contributed by atoms with van der Waals surface area (Å²) >= 11 is 11.8. The van der Waals surface area contributed by atoms with Crippen LogP contribution in [0.5, 0.6) is 0 Å². The number of aryl methyl sites for hydroxylation is 1. The van der Waals surface area contributed by atoms with Gasteiger partial charge in [-0.25, -0.2) is 9.48 Å². The minimum absolute atomic E-state index is 0.0726. The van der Waals surface area contributed by atoms with E-state index in [0.717, 1.165) is 0 Å². The van der Waals surface area contributed by atoms with Crippen molar-refractivity contribution in [2.45, 2.75) is 13.5 Å². The molecule has 0 atom stereocenters. The van der Waals surface area contributed by atoms with Crippen LogP contribution in [0.25, 0.3) is 17.1 Å². The molecule has 0 bridgehead atoms. The molecule has 0 fully saturated rings. The molecular weight excluding hydrogens is 443 g/mol. The summed E-state index contributed by atoms with van der Waals surface area (Å²) in [6.45, 7) is 1.39. The van der Waals surface area contributed by atoms with E-state index >= 15 is 0 Å². The third-order valence-electron chi connectivity index (χ3n) is 4.27. The summed E-state index contributed by atoms with van der Waals surface area (Å²) in [5.74, 6) is -0.510. The summed E-state index contributed by atoms with van der Waals surface area (Å²) < 4.78 is 11.7. The molecule has 2 aromatic heterocycles. The van der Waals surface area contributed by atoms with E-state index in [4.69, 9.17) is 32.5 Å². The fraction of sp³-hybridized carbons (Fsp3) is 0.0952. The maximum absolute atomic E-state index is 12.5. The largest absolute Gasteiger partial charge is 0.451 e. The number of nitrogens with zero attached hydrogens (tertiary/aromatic N) is 4. The average Bonchev–Trinajstić information content (AvgIpc) is 3.22. The van der Waals surface area contributed by atoms with Gasteiger partial charge in [0.05, 0.1) is 5.69 Å². The lowest BCUT2D eigenvalue weighted by Crippen LogP contribution is -2.24. The lowest BCUT2D eigenvalue weighted by molar-refractivity contribution is 0.0419. The zero-order valence-electron chi connectivity index (χ0n) is 16.1. The monoisotopic (exact) mass is 456 g/mol. The Kier molecular flexibility index (Phi) is 5.83. The highest BCUT2D eigenvalue weighted by atomic mass is 35.5. The summed E-state index contributed by atoms with van der Waals surface area (Å²) in [6, 6.07) is 15.0. The molecular formula is C21H14Cl2N4O4. The van der Waals surface area contributed by atoms with Gasteiger partial charge in [-0.1, -0.05) is 28.4 Å². The van der Waals surface area contributed by atoms with Crippen LogP contribution in [0.4, 0.5) is 0 Å². The molecule has 2 heterocycles. The maximum atomic E-state index is 12.5. The van der Waals surface area contributed by atoms with Crippen molar-refractivity contribution in [1.82, 2.24) is 19.9 Å². The molecule has 156 valence electrons. The molecule has 10 heteroatoms. The lowest BCUT2D eigenvalue weighted by atomic mass is 10.2. The molecule has 4 rings (SSSR count). The standard InChI is InChI=1S/C21H14Cl2N4O4/c1-12-10-17(28)19(25-27(12)16-8-6-15(23)7-9-16)21(29)30-11-18-24-20(26-31-18)13-2-4-14(22)5-3-13/h2-10H,11H2,1H3. The van der Waals surface area contributed by atoms with Gasteiger partial charge < -0.3 is 9.26 Å². The van der Waals surface area contributed by atoms with Gasteiger partial charge in [-0.15, -0.1) is 0 Å². The van der Waals surface area contributed by atoms with Gasteiger partial charge in [0.25, 0.3) is 5.89 Å². The number of ether oxygens (including phenoxy) is 1. The fourth-order valence-electron chi connectivity index (χ4n) is 2.76. The summed E-state index contributed by atoms with van der Waals surface area (Å²) in [5.41, 5.74) is 0.962. The minimum atomic E-state index is -0.904. The number of esters is 1. The fourth-order valence-corrected chi connectivity index (χ4v) is 3.01. The first kappa shape index (κ1) is 20.8. The highest BCUT2D eigenvalue weighted by Crippen LogP contribution is 2.19. The predicted octanol–water partition coefficient (Wildman–Crippen LogP) is 4.25. The van der Waals surface area contributed by atoms with Crippen LogP contribution < -0.4 is 5.43 Å². The van der Waals surface area contributed by atoms with Crippen molar-refractivity contribution in [2.75, 3.05) is 0 Å². The molecule has 0 N–H and O–H groups in total. The van der Waals surface area contributed by atoms with E-state index in [1.165, 1.54) is 10.7 Å². The van der Waals surface area contributed by atoms with Crippen molar-refractivity contribution in [3.8, 4) is 17.1 Å². The van der Waals surface area contributed by atoms with Crippen LogP contribution in [0.2, 0.25) is 10.0 Å². The van der Waals surface area contributed by atoms with Gasteiger partial charge in [0.2, 0.25) is 16.9 Å². The Hall–Kier alpha value is -3.49. The van der Waals surface area contributed by atoms with Gasteiger partial charge in [0.15, 0.2) is 6.61 Å². The Morgan fingerprint density at radius 3 is 2.39 bits per heavy atom. The normalized spacial score (nSPS) is 10.8. The molecule has 0 spiro atoms. The molecule has 0 aliphatic rings. The van der Waals surface area contributed by atoms with Crippen molar-refractivity contribution < 1.29 is 14.1 Å². The minimum Gasteiger partial charge on any atom is -0.451 e. The number of carbonyl (C=O) groups is 1. The van der Waals surface area contributed by atoms with E-state index in [0.29, 0.717) is 32.8 Å². The van der Waals surface area contributed by atoms with Crippen molar-refractivity contribution in [3.63, 3.8) is 0 Å².